The molecule has 8 heteroatoms. The molecule has 1 aromatic rings. The third-order valence-corrected chi connectivity index (χ3v) is 2.90. The van der Waals surface area contributed by atoms with E-state index in [0.717, 1.165) is 10.6 Å². The van der Waals surface area contributed by atoms with Crippen molar-refractivity contribution in [2.75, 3.05) is 6.73 Å². The van der Waals surface area contributed by atoms with Gasteiger partial charge in [-0.15, -0.1) is 0 Å². The van der Waals surface area contributed by atoms with E-state index in [2.05, 4.69) is 4.74 Å². The Labute approximate surface area is 125 Å². The summed E-state index contributed by atoms with van der Waals surface area (Å²) in [6.07, 6.45) is -1.90. The third-order valence-electron chi connectivity index (χ3n) is 2.90. The molecule has 0 aliphatic carbocycles. The molecule has 1 fully saturated rings. The van der Waals surface area contributed by atoms with Gasteiger partial charge in [-0.1, -0.05) is 35.4 Å². The van der Waals surface area contributed by atoms with Gasteiger partial charge >= 0.3 is 12.1 Å². The molecule has 2 rings (SSSR count). The monoisotopic (exact) mass is 315 g/mol. The van der Waals surface area contributed by atoms with Crippen molar-refractivity contribution in [3.05, 3.63) is 35.9 Å². The summed E-state index contributed by atoms with van der Waals surface area (Å²) < 4.78 is 35.5. The molecule has 22 heavy (non-hydrogen) atoms. The van der Waals surface area contributed by atoms with Gasteiger partial charge in [-0.3, -0.25) is 4.79 Å². The smallest absolute Gasteiger partial charge is 0.445 e. The van der Waals surface area contributed by atoms with Gasteiger partial charge in [-0.05, 0) is 12.5 Å². The van der Waals surface area contributed by atoms with Crippen molar-refractivity contribution in [1.82, 2.24) is 5.06 Å². The number of rotatable bonds is 5. The molecule has 0 N–H and O–H groups in total. The molecular weight excluding hydrogens is 300 g/mol. The Morgan fingerprint density at radius 2 is 2.09 bits per heavy atom. The van der Waals surface area contributed by atoms with Gasteiger partial charge in [0.05, 0.1) is 0 Å². The van der Waals surface area contributed by atoms with Gasteiger partial charge in [-0.2, -0.15) is 0 Å². The van der Waals surface area contributed by atoms with E-state index in [1.807, 2.05) is 6.07 Å². The van der Waals surface area contributed by atoms with Crippen LogP contribution in [0.1, 0.15) is 18.9 Å². The summed E-state index contributed by atoms with van der Waals surface area (Å²) in [5, 5.41) is 0.757. The van der Waals surface area contributed by atoms with Gasteiger partial charge < -0.3 is 14.3 Å². The minimum absolute atomic E-state index is 0.0308. The van der Waals surface area contributed by atoms with Crippen molar-refractivity contribution in [2.24, 2.45) is 0 Å². The number of carbonyl (C=O) groups excluding carboxylic acids is 2. The summed E-state index contributed by atoms with van der Waals surface area (Å²) in [4.78, 5) is 27.7. The topological polar surface area (TPSA) is 65.1 Å². The van der Waals surface area contributed by atoms with Crippen LogP contribution in [0.5, 0.6) is 0 Å². The predicted octanol–water partition coefficient (Wildman–Crippen LogP) is 2.49. The fraction of sp³-hybridized carbons (Fsp3) is 0.429. The van der Waals surface area contributed by atoms with E-state index >= 15 is 0 Å². The molecule has 1 heterocycles. The fourth-order valence-corrected chi connectivity index (χ4v) is 1.88. The van der Waals surface area contributed by atoms with Crippen LogP contribution in [0.15, 0.2) is 30.3 Å². The summed E-state index contributed by atoms with van der Waals surface area (Å²) >= 11 is 0. The fourth-order valence-electron chi connectivity index (χ4n) is 1.88. The normalized spacial score (nSPS) is 18.9. The van der Waals surface area contributed by atoms with Crippen LogP contribution in [-0.2, 0) is 25.7 Å². The first kappa shape index (κ1) is 16.2. The maximum Gasteiger partial charge on any atom is 0.528 e. The van der Waals surface area contributed by atoms with E-state index < -0.39 is 37.2 Å². The second-order valence-electron chi connectivity index (χ2n) is 4.92. The number of hydrogen-bond acceptors (Lipinski definition) is 6. The number of cyclic esters (lactones) is 1. The zero-order chi connectivity index (χ0) is 16.2. The number of carbonyl (C=O) groups is 2. The van der Waals surface area contributed by atoms with Crippen LogP contribution in [0.2, 0.25) is 0 Å². The van der Waals surface area contributed by atoms with Crippen LogP contribution in [0, 0.1) is 0 Å². The summed E-state index contributed by atoms with van der Waals surface area (Å²) in [6, 6.07) is 7.51. The SMILES string of the molecule is CC(F)(F)C[C@H]1C(=O)OCN1OC(=O)OCc1ccccc1. The molecule has 1 atom stereocenters. The quantitative estimate of drug-likeness (QED) is 0.778. The van der Waals surface area contributed by atoms with Gasteiger partial charge in [0.15, 0.2) is 12.8 Å². The van der Waals surface area contributed by atoms with Crippen LogP contribution in [0.4, 0.5) is 13.6 Å². The lowest BCUT2D eigenvalue weighted by molar-refractivity contribution is -0.163. The summed E-state index contributed by atoms with van der Waals surface area (Å²) in [7, 11) is 0. The van der Waals surface area contributed by atoms with Crippen molar-refractivity contribution in [3.63, 3.8) is 0 Å². The lowest BCUT2D eigenvalue weighted by atomic mass is 10.1. The largest absolute Gasteiger partial charge is 0.528 e. The zero-order valence-corrected chi connectivity index (χ0v) is 11.8. The Balaban J connectivity index is 1.86. The predicted molar refractivity (Wildman–Crippen MR) is 69.5 cm³/mol. The molecule has 6 nitrogen and oxygen atoms in total. The second-order valence-corrected chi connectivity index (χ2v) is 4.92. The summed E-state index contributed by atoms with van der Waals surface area (Å²) in [5.41, 5.74) is 0.741. The highest BCUT2D eigenvalue weighted by Crippen LogP contribution is 2.26. The summed E-state index contributed by atoms with van der Waals surface area (Å²) in [5.74, 6) is -3.96. The molecular formula is C14H15F2NO5. The Morgan fingerprint density at radius 1 is 1.41 bits per heavy atom. The first-order chi connectivity index (χ1) is 10.3. The maximum atomic E-state index is 13.0. The number of benzene rings is 1. The standard InChI is InChI=1S/C14H15F2NO5/c1-14(15,16)7-11-12(18)21-9-17(11)22-13(19)20-8-10-5-3-2-4-6-10/h2-6,11H,7-9H2,1H3/t11-/m0/s1. The van der Waals surface area contributed by atoms with E-state index in [1.54, 1.807) is 24.3 Å². The molecule has 0 spiro atoms. The van der Waals surface area contributed by atoms with Crippen LogP contribution >= 0.6 is 0 Å². The number of hydrogen-bond donors (Lipinski definition) is 0. The Bertz CT molecular complexity index is 532. The molecule has 0 amide bonds. The highest BCUT2D eigenvalue weighted by molar-refractivity contribution is 5.77. The lowest BCUT2D eigenvalue weighted by Gasteiger charge is -2.20. The van der Waals surface area contributed by atoms with E-state index in [9.17, 15) is 18.4 Å². The average molecular weight is 315 g/mol. The van der Waals surface area contributed by atoms with Gasteiger partial charge in [0.2, 0.25) is 5.92 Å². The number of hydroxylamine groups is 2. The molecule has 0 saturated carbocycles. The van der Waals surface area contributed by atoms with Gasteiger partial charge in [0.25, 0.3) is 0 Å². The van der Waals surface area contributed by atoms with Crippen molar-refractivity contribution in [3.8, 4) is 0 Å². The maximum absolute atomic E-state index is 13.0. The first-order valence-corrected chi connectivity index (χ1v) is 6.55. The Morgan fingerprint density at radius 3 is 2.73 bits per heavy atom. The molecule has 0 bridgehead atoms. The second kappa shape index (κ2) is 6.69. The summed E-state index contributed by atoms with van der Waals surface area (Å²) in [6.45, 7) is 0.238. The number of esters is 1. The molecule has 1 saturated heterocycles. The average Bonchev–Trinajstić information content (AvgIpc) is 2.77. The number of nitrogens with zero attached hydrogens (tertiary/aromatic N) is 1. The van der Waals surface area contributed by atoms with E-state index in [-0.39, 0.29) is 6.61 Å². The minimum atomic E-state index is -3.09. The molecule has 120 valence electrons. The molecule has 1 aromatic carbocycles. The molecule has 1 aliphatic heterocycles. The van der Waals surface area contributed by atoms with E-state index in [1.165, 1.54) is 0 Å². The van der Waals surface area contributed by atoms with Crippen molar-refractivity contribution in [2.45, 2.75) is 31.9 Å². The van der Waals surface area contributed by atoms with E-state index in [0.29, 0.717) is 6.92 Å². The lowest BCUT2D eigenvalue weighted by Crippen LogP contribution is -2.39. The Hall–Kier alpha value is -2.22. The molecule has 1 aliphatic rings. The van der Waals surface area contributed by atoms with Crippen molar-refractivity contribution >= 4 is 12.1 Å². The van der Waals surface area contributed by atoms with Gasteiger partial charge in [0, 0.05) is 6.42 Å². The zero-order valence-electron chi connectivity index (χ0n) is 11.8. The molecule has 0 unspecified atom stereocenters. The van der Waals surface area contributed by atoms with Crippen LogP contribution < -0.4 is 0 Å². The van der Waals surface area contributed by atoms with Crippen LogP contribution in [0.25, 0.3) is 0 Å². The first-order valence-electron chi connectivity index (χ1n) is 6.55. The highest BCUT2D eigenvalue weighted by Gasteiger charge is 2.43. The minimum Gasteiger partial charge on any atom is -0.445 e. The van der Waals surface area contributed by atoms with Crippen molar-refractivity contribution in [1.29, 1.82) is 0 Å². The third kappa shape index (κ3) is 4.66. The highest BCUT2D eigenvalue weighted by atomic mass is 19.3. The Kier molecular flexibility index (Phi) is 4.92. The number of ether oxygens (including phenoxy) is 2. The van der Waals surface area contributed by atoms with Crippen molar-refractivity contribution < 1.29 is 32.7 Å². The van der Waals surface area contributed by atoms with Crippen LogP contribution in [0.3, 0.4) is 0 Å². The number of halogens is 2. The van der Waals surface area contributed by atoms with Gasteiger partial charge in [-0.25, -0.2) is 13.6 Å². The van der Waals surface area contributed by atoms with Gasteiger partial charge in [0.1, 0.15) is 6.61 Å². The molecule has 0 radical (unpaired) electrons. The number of alkyl halides is 2. The molecule has 0 aromatic heterocycles. The van der Waals surface area contributed by atoms with Crippen LogP contribution in [-0.4, -0.2) is 35.9 Å². The van der Waals surface area contributed by atoms with E-state index in [4.69, 9.17) is 9.57 Å².